The molecule has 11 heteroatoms. The molecular weight excluding hydrogens is 410 g/mol. The summed E-state index contributed by atoms with van der Waals surface area (Å²) in [7, 11) is 1.58. The van der Waals surface area contributed by atoms with E-state index in [0.29, 0.717) is 22.4 Å². The van der Waals surface area contributed by atoms with Gasteiger partial charge >= 0.3 is 0 Å². The topological polar surface area (TPSA) is 131 Å². The second-order valence-corrected chi connectivity index (χ2v) is 7.52. The van der Waals surface area contributed by atoms with Crippen LogP contribution in [0.1, 0.15) is 6.42 Å². The number of nitrogens with zero attached hydrogens (tertiary/aromatic N) is 4. The molecule has 4 rings (SSSR count). The Morgan fingerprint density at radius 3 is 2.50 bits per heavy atom. The van der Waals surface area contributed by atoms with Crippen LogP contribution >= 0.6 is 11.8 Å². The summed E-state index contributed by atoms with van der Waals surface area (Å²) >= 11 is 1.09. The summed E-state index contributed by atoms with van der Waals surface area (Å²) in [5.74, 6) is 0.463. The summed E-state index contributed by atoms with van der Waals surface area (Å²) in [5.41, 5.74) is 0.986. The minimum atomic E-state index is -0.674. The molecule has 152 valence electrons. The molecule has 10 nitrogen and oxygen atoms in total. The van der Waals surface area contributed by atoms with Crippen LogP contribution in [0.15, 0.2) is 53.7 Å². The number of hydrogen-bond donors (Lipinski definition) is 1. The van der Waals surface area contributed by atoms with E-state index >= 15 is 0 Å². The van der Waals surface area contributed by atoms with Gasteiger partial charge < -0.3 is 4.74 Å². The zero-order chi connectivity index (χ0) is 21.3. The van der Waals surface area contributed by atoms with Crippen LogP contribution in [0.3, 0.4) is 0 Å². The first kappa shape index (κ1) is 19.6. The molecule has 1 atom stereocenters. The summed E-state index contributed by atoms with van der Waals surface area (Å²) in [5, 5.41) is 17.4. The number of aromatic amines is 1. The molecule has 3 aromatic rings. The van der Waals surface area contributed by atoms with Gasteiger partial charge in [0.2, 0.25) is 17.0 Å². The minimum absolute atomic E-state index is 0.00705. The van der Waals surface area contributed by atoms with Crippen molar-refractivity contribution in [2.24, 2.45) is 0 Å². The van der Waals surface area contributed by atoms with Crippen molar-refractivity contribution >= 4 is 35.0 Å². The number of imide groups is 1. The molecule has 0 saturated carbocycles. The molecule has 0 unspecified atom stereocenters. The standard InChI is InChI=1S/C19H15N5O5S/c1-29-14-8-2-11(3-9-14)17-20-19(22-21-17)30-15-10-16(25)23(18(15)26)12-4-6-13(7-5-12)24(27)28/h2-9,15H,10H2,1H3,(H,20,21,22)/t15-/m1/s1. The fraction of sp³-hybridized carbons (Fsp3) is 0.158. The van der Waals surface area contributed by atoms with E-state index in [2.05, 4.69) is 15.2 Å². The number of hydrogen-bond acceptors (Lipinski definition) is 8. The fourth-order valence-corrected chi connectivity index (χ4v) is 3.92. The number of aromatic nitrogens is 3. The third-order valence-electron chi connectivity index (χ3n) is 4.50. The van der Waals surface area contributed by atoms with Gasteiger partial charge in [0.15, 0.2) is 5.82 Å². The van der Waals surface area contributed by atoms with E-state index < -0.39 is 16.1 Å². The van der Waals surface area contributed by atoms with Crippen molar-refractivity contribution in [3.05, 3.63) is 58.6 Å². The average Bonchev–Trinajstić information content (AvgIpc) is 3.32. The molecule has 0 bridgehead atoms. The SMILES string of the molecule is COc1ccc(-c2nc(S[C@@H]3CC(=O)N(c4ccc([N+](=O)[O-])cc4)C3=O)n[nH]2)cc1. The van der Waals surface area contributed by atoms with Gasteiger partial charge in [0.05, 0.1) is 17.7 Å². The largest absolute Gasteiger partial charge is 0.497 e. The maximum Gasteiger partial charge on any atom is 0.269 e. The first-order chi connectivity index (χ1) is 14.5. The number of methoxy groups -OCH3 is 1. The fourth-order valence-electron chi connectivity index (χ4n) is 3.00. The first-order valence-electron chi connectivity index (χ1n) is 8.81. The van der Waals surface area contributed by atoms with E-state index in [9.17, 15) is 19.7 Å². The van der Waals surface area contributed by atoms with Gasteiger partial charge in [-0.1, -0.05) is 11.8 Å². The molecule has 0 radical (unpaired) electrons. The van der Waals surface area contributed by atoms with E-state index in [4.69, 9.17) is 4.74 Å². The van der Waals surface area contributed by atoms with Gasteiger partial charge in [0.25, 0.3) is 5.69 Å². The maximum absolute atomic E-state index is 12.8. The number of ether oxygens (including phenoxy) is 1. The number of carbonyl (C=O) groups excluding carboxylic acids is 2. The smallest absolute Gasteiger partial charge is 0.269 e. The molecule has 30 heavy (non-hydrogen) atoms. The number of nitro benzene ring substituents is 1. The summed E-state index contributed by atoms with van der Waals surface area (Å²) in [6, 6.07) is 12.5. The zero-order valence-corrected chi connectivity index (χ0v) is 16.5. The van der Waals surface area contributed by atoms with Gasteiger partial charge in [0, 0.05) is 24.1 Å². The van der Waals surface area contributed by atoms with Crippen LogP contribution in [0.4, 0.5) is 11.4 Å². The Morgan fingerprint density at radius 2 is 1.87 bits per heavy atom. The van der Waals surface area contributed by atoms with Crippen LogP contribution in [0, 0.1) is 10.1 Å². The number of carbonyl (C=O) groups is 2. The summed E-state index contributed by atoms with van der Waals surface area (Å²) < 4.78 is 5.13. The maximum atomic E-state index is 12.8. The molecule has 2 heterocycles. The van der Waals surface area contributed by atoms with Crippen molar-refractivity contribution < 1.29 is 19.2 Å². The minimum Gasteiger partial charge on any atom is -0.497 e. The highest BCUT2D eigenvalue weighted by Gasteiger charge is 2.41. The van der Waals surface area contributed by atoms with E-state index in [1.54, 1.807) is 19.2 Å². The number of non-ortho nitro benzene ring substituents is 1. The summed E-state index contributed by atoms with van der Waals surface area (Å²) in [6.45, 7) is 0. The lowest BCUT2D eigenvalue weighted by atomic mass is 10.2. The highest BCUT2D eigenvalue weighted by molar-refractivity contribution is 8.00. The Kier molecular flexibility index (Phi) is 5.19. The van der Waals surface area contributed by atoms with Crippen LogP contribution in [0.5, 0.6) is 5.75 Å². The monoisotopic (exact) mass is 425 g/mol. The number of nitro groups is 1. The normalized spacial score (nSPS) is 16.2. The molecule has 0 spiro atoms. The molecule has 1 aliphatic rings. The first-order valence-corrected chi connectivity index (χ1v) is 9.69. The van der Waals surface area contributed by atoms with Gasteiger partial charge in [0.1, 0.15) is 11.0 Å². The Morgan fingerprint density at radius 1 is 1.17 bits per heavy atom. The molecule has 2 amide bonds. The van der Waals surface area contributed by atoms with Crippen molar-refractivity contribution in [3.8, 4) is 17.1 Å². The van der Waals surface area contributed by atoms with Crippen molar-refractivity contribution in [2.75, 3.05) is 12.0 Å². The number of benzene rings is 2. The lowest BCUT2D eigenvalue weighted by Gasteiger charge is -2.14. The van der Waals surface area contributed by atoms with Crippen LogP contribution in [-0.4, -0.2) is 44.3 Å². The van der Waals surface area contributed by atoms with Gasteiger partial charge in [-0.05, 0) is 36.4 Å². The Labute approximate surface area is 174 Å². The molecule has 2 aromatic carbocycles. The van der Waals surface area contributed by atoms with E-state index in [1.165, 1.54) is 24.3 Å². The molecule has 0 aliphatic carbocycles. The number of nitrogens with one attached hydrogen (secondary N) is 1. The number of thioether (sulfide) groups is 1. The highest BCUT2D eigenvalue weighted by atomic mass is 32.2. The molecule has 1 aliphatic heterocycles. The predicted octanol–water partition coefficient (Wildman–Crippen LogP) is 2.81. The number of H-pyrrole nitrogens is 1. The number of amides is 2. The zero-order valence-electron chi connectivity index (χ0n) is 15.6. The second kappa shape index (κ2) is 7.95. The molecular formula is C19H15N5O5S. The van der Waals surface area contributed by atoms with Crippen molar-refractivity contribution in [1.29, 1.82) is 0 Å². The lowest BCUT2D eigenvalue weighted by molar-refractivity contribution is -0.384. The highest BCUT2D eigenvalue weighted by Crippen LogP contribution is 2.33. The van der Waals surface area contributed by atoms with Crippen molar-refractivity contribution in [2.45, 2.75) is 16.8 Å². The van der Waals surface area contributed by atoms with Crippen LogP contribution in [0.2, 0.25) is 0 Å². The van der Waals surface area contributed by atoms with Crippen molar-refractivity contribution in [3.63, 3.8) is 0 Å². The van der Waals surface area contributed by atoms with Gasteiger partial charge in [-0.3, -0.25) is 24.8 Å². The van der Waals surface area contributed by atoms with E-state index in [1.807, 2.05) is 12.1 Å². The predicted molar refractivity (Wildman–Crippen MR) is 108 cm³/mol. The van der Waals surface area contributed by atoms with E-state index in [0.717, 1.165) is 22.2 Å². The van der Waals surface area contributed by atoms with Crippen molar-refractivity contribution in [1.82, 2.24) is 15.2 Å². The summed E-state index contributed by atoms with van der Waals surface area (Å²) in [4.78, 5) is 40.8. The van der Waals surface area contributed by atoms with E-state index in [-0.39, 0.29) is 18.0 Å². The third kappa shape index (κ3) is 3.74. The molecule has 1 N–H and O–H groups in total. The van der Waals surface area contributed by atoms with Gasteiger partial charge in [-0.2, -0.15) is 0 Å². The molecule has 1 aromatic heterocycles. The van der Waals surface area contributed by atoms with Crippen LogP contribution < -0.4 is 9.64 Å². The van der Waals surface area contributed by atoms with Gasteiger partial charge in [-0.15, -0.1) is 5.10 Å². The Bertz CT molecular complexity index is 1110. The summed E-state index contributed by atoms with van der Waals surface area (Å²) in [6.07, 6.45) is -0.00705. The Hall–Kier alpha value is -3.73. The van der Waals surface area contributed by atoms with Crippen LogP contribution in [-0.2, 0) is 9.59 Å². The molecule has 1 fully saturated rings. The average molecular weight is 425 g/mol. The van der Waals surface area contributed by atoms with Gasteiger partial charge in [-0.25, -0.2) is 9.88 Å². The van der Waals surface area contributed by atoms with Crippen LogP contribution in [0.25, 0.3) is 11.4 Å². The molecule has 1 saturated heterocycles. The second-order valence-electron chi connectivity index (χ2n) is 6.35. The Balaban J connectivity index is 1.48. The number of anilines is 1. The quantitative estimate of drug-likeness (QED) is 0.362. The lowest BCUT2D eigenvalue weighted by Crippen LogP contribution is -2.31. The third-order valence-corrected chi connectivity index (χ3v) is 5.55. The number of rotatable bonds is 6.